The van der Waals surface area contributed by atoms with E-state index in [1.165, 1.54) is 18.3 Å². The van der Waals surface area contributed by atoms with Crippen molar-refractivity contribution in [3.63, 3.8) is 0 Å². The molecule has 0 aliphatic rings. The Labute approximate surface area is 198 Å². The Morgan fingerprint density at radius 1 is 1.06 bits per heavy atom. The lowest BCUT2D eigenvalue weighted by Gasteiger charge is -2.10. The fraction of sp³-hybridized carbons (Fsp3) is 0.350. The van der Waals surface area contributed by atoms with E-state index in [9.17, 15) is 31.1 Å². The Morgan fingerprint density at radius 2 is 1.83 bits per heavy atom. The quantitative estimate of drug-likeness (QED) is 0.325. The largest absolute Gasteiger partial charge is 0.476 e. The number of anilines is 1. The van der Waals surface area contributed by atoms with Crippen molar-refractivity contribution in [1.29, 1.82) is 0 Å². The minimum Gasteiger partial charge on any atom is -0.476 e. The van der Waals surface area contributed by atoms with E-state index in [1.807, 2.05) is 0 Å². The Balaban J connectivity index is 1.58. The number of hydrogen-bond donors (Lipinski definition) is 2. The smallest absolute Gasteiger partial charge is 0.434 e. The molecular formula is C20H18F6N6O2S. The molecule has 0 bridgehead atoms. The van der Waals surface area contributed by atoms with Gasteiger partial charge in [-0.15, -0.1) is 0 Å². The number of carbonyl (C=O) groups excluding carboxylic acids is 1. The highest BCUT2D eigenvalue weighted by Gasteiger charge is 2.33. The zero-order valence-electron chi connectivity index (χ0n) is 18.0. The van der Waals surface area contributed by atoms with Crippen LogP contribution >= 0.6 is 11.5 Å². The molecule has 0 unspecified atom stereocenters. The number of halogens is 6. The Kier molecular flexibility index (Phi) is 8.22. The number of hydrogen-bond acceptors (Lipinski definition) is 8. The predicted octanol–water partition coefficient (Wildman–Crippen LogP) is 4.03. The molecule has 188 valence electrons. The number of aromatic nitrogens is 4. The molecule has 3 aromatic rings. The van der Waals surface area contributed by atoms with Crippen molar-refractivity contribution < 1.29 is 35.9 Å². The van der Waals surface area contributed by atoms with Crippen molar-refractivity contribution >= 4 is 23.1 Å². The standard InChI is InChI=1S/C20H18F6N6O2S/c1-11-17(14(35-32-11)6-13-8-29-15(9-28-13)20(24,25)26)18(33)31-12-2-3-16(30-7-12)34-5-4-27-10-19(21,22)23/h2-3,7-9,27H,4-6,10H2,1H3,(H,31,33). The lowest BCUT2D eigenvalue weighted by molar-refractivity contribution is -0.141. The number of carbonyl (C=O) groups is 1. The topological polar surface area (TPSA) is 102 Å². The van der Waals surface area contributed by atoms with E-state index in [2.05, 4.69) is 30.0 Å². The van der Waals surface area contributed by atoms with E-state index in [4.69, 9.17) is 4.74 Å². The highest BCUT2D eigenvalue weighted by molar-refractivity contribution is 7.06. The molecule has 0 aromatic carbocycles. The maximum absolute atomic E-state index is 12.8. The number of amides is 1. The molecule has 3 rings (SSSR count). The molecule has 0 saturated heterocycles. The zero-order chi connectivity index (χ0) is 25.6. The molecule has 15 heteroatoms. The number of alkyl halides is 6. The van der Waals surface area contributed by atoms with Crippen LogP contribution in [0, 0.1) is 6.92 Å². The summed E-state index contributed by atoms with van der Waals surface area (Å²) in [7, 11) is 0. The van der Waals surface area contributed by atoms with Crippen molar-refractivity contribution in [2.24, 2.45) is 0 Å². The minimum atomic E-state index is -4.60. The molecule has 35 heavy (non-hydrogen) atoms. The van der Waals surface area contributed by atoms with E-state index < -0.39 is 30.5 Å². The monoisotopic (exact) mass is 520 g/mol. The second kappa shape index (κ2) is 10.9. The van der Waals surface area contributed by atoms with Crippen molar-refractivity contribution in [2.75, 3.05) is 25.0 Å². The normalized spacial score (nSPS) is 12.0. The van der Waals surface area contributed by atoms with Gasteiger partial charge in [0, 0.05) is 30.1 Å². The molecule has 0 atom stereocenters. The van der Waals surface area contributed by atoms with E-state index in [0.29, 0.717) is 22.5 Å². The van der Waals surface area contributed by atoms with Gasteiger partial charge in [0.1, 0.15) is 6.61 Å². The molecule has 2 N–H and O–H groups in total. The first-order chi connectivity index (χ1) is 16.4. The van der Waals surface area contributed by atoms with Crippen molar-refractivity contribution in [2.45, 2.75) is 25.7 Å². The number of ether oxygens (including phenoxy) is 1. The van der Waals surface area contributed by atoms with Crippen LogP contribution in [0.25, 0.3) is 0 Å². The van der Waals surface area contributed by atoms with E-state index in [0.717, 1.165) is 17.7 Å². The van der Waals surface area contributed by atoms with Gasteiger partial charge in [0.05, 0.1) is 41.6 Å². The molecule has 8 nitrogen and oxygen atoms in total. The fourth-order valence-corrected chi connectivity index (χ4v) is 3.66. The molecule has 0 spiro atoms. The maximum atomic E-state index is 12.8. The van der Waals surface area contributed by atoms with Crippen molar-refractivity contribution in [3.05, 3.63) is 58.2 Å². The zero-order valence-corrected chi connectivity index (χ0v) is 18.8. The number of nitrogens with one attached hydrogen (secondary N) is 2. The van der Waals surface area contributed by atoms with Gasteiger partial charge in [0.15, 0.2) is 5.69 Å². The predicted molar refractivity (Wildman–Crippen MR) is 113 cm³/mol. The van der Waals surface area contributed by atoms with Crippen LogP contribution in [0.2, 0.25) is 0 Å². The van der Waals surface area contributed by atoms with Gasteiger partial charge in [0.2, 0.25) is 5.88 Å². The second-order valence-corrected chi connectivity index (χ2v) is 7.97. The lowest BCUT2D eigenvalue weighted by atomic mass is 10.1. The molecule has 0 aliphatic heterocycles. The first kappa shape index (κ1) is 26.3. The highest BCUT2D eigenvalue weighted by atomic mass is 32.1. The summed E-state index contributed by atoms with van der Waals surface area (Å²) >= 11 is 1.02. The molecule has 0 radical (unpaired) electrons. The average molecular weight is 520 g/mol. The Morgan fingerprint density at radius 3 is 2.43 bits per heavy atom. The SMILES string of the molecule is Cc1nsc(Cc2cnc(C(F)(F)F)cn2)c1C(=O)Nc1ccc(OCCNCC(F)(F)F)nc1. The van der Waals surface area contributed by atoms with Gasteiger partial charge < -0.3 is 15.4 Å². The maximum Gasteiger partial charge on any atom is 0.434 e. The summed E-state index contributed by atoms with van der Waals surface area (Å²) < 4.78 is 83.6. The second-order valence-electron chi connectivity index (χ2n) is 7.11. The van der Waals surface area contributed by atoms with E-state index >= 15 is 0 Å². The first-order valence-corrected chi connectivity index (χ1v) is 10.7. The summed E-state index contributed by atoms with van der Waals surface area (Å²) in [5, 5.41) is 4.84. The number of aryl methyl sites for hydroxylation is 1. The third kappa shape index (κ3) is 7.85. The third-order valence-electron chi connectivity index (χ3n) is 4.35. The number of rotatable bonds is 9. The summed E-state index contributed by atoms with van der Waals surface area (Å²) in [5.41, 5.74) is 0.138. The van der Waals surface area contributed by atoms with E-state index in [-0.39, 0.29) is 36.7 Å². The summed E-state index contributed by atoms with van der Waals surface area (Å²) in [4.78, 5) is 24.4. The van der Waals surface area contributed by atoms with Crippen LogP contribution in [0.3, 0.4) is 0 Å². The van der Waals surface area contributed by atoms with Gasteiger partial charge in [0.25, 0.3) is 5.91 Å². The van der Waals surface area contributed by atoms with Crippen LogP contribution in [0.15, 0.2) is 30.7 Å². The summed E-state index contributed by atoms with van der Waals surface area (Å²) in [6.07, 6.45) is -5.90. The molecule has 3 aromatic heterocycles. The number of pyridine rings is 1. The molecule has 0 aliphatic carbocycles. The van der Waals surface area contributed by atoms with Crippen LogP contribution in [0.1, 0.15) is 32.3 Å². The minimum absolute atomic E-state index is 0.0316. The van der Waals surface area contributed by atoms with Gasteiger partial charge in [-0.3, -0.25) is 9.78 Å². The van der Waals surface area contributed by atoms with Crippen LogP contribution in [-0.2, 0) is 12.6 Å². The van der Waals surface area contributed by atoms with Gasteiger partial charge in [-0.2, -0.15) is 30.7 Å². The average Bonchev–Trinajstić information content (AvgIpc) is 3.13. The van der Waals surface area contributed by atoms with Gasteiger partial charge in [-0.1, -0.05) is 0 Å². The molecule has 3 heterocycles. The summed E-state index contributed by atoms with van der Waals surface area (Å²) in [6, 6.07) is 2.94. The van der Waals surface area contributed by atoms with Crippen molar-refractivity contribution in [3.8, 4) is 5.88 Å². The highest BCUT2D eigenvalue weighted by Crippen LogP contribution is 2.27. The summed E-state index contributed by atoms with van der Waals surface area (Å²) in [6.45, 7) is 0.426. The van der Waals surface area contributed by atoms with Gasteiger partial charge in [-0.25, -0.2) is 9.97 Å². The first-order valence-electron chi connectivity index (χ1n) is 9.93. The lowest BCUT2D eigenvalue weighted by Crippen LogP contribution is -2.31. The Hall–Kier alpha value is -3.33. The van der Waals surface area contributed by atoms with Crippen LogP contribution in [-0.4, -0.2) is 51.1 Å². The van der Waals surface area contributed by atoms with Crippen LogP contribution in [0.5, 0.6) is 5.88 Å². The molecule has 1 amide bonds. The third-order valence-corrected chi connectivity index (χ3v) is 5.28. The molecule has 0 fully saturated rings. The number of nitrogens with zero attached hydrogens (tertiary/aromatic N) is 4. The Bertz CT molecular complexity index is 1130. The molecule has 0 saturated carbocycles. The van der Waals surface area contributed by atoms with Gasteiger partial charge >= 0.3 is 12.4 Å². The van der Waals surface area contributed by atoms with E-state index in [1.54, 1.807) is 6.92 Å². The van der Waals surface area contributed by atoms with Crippen molar-refractivity contribution in [1.82, 2.24) is 24.6 Å². The fourth-order valence-electron chi connectivity index (χ4n) is 2.78. The van der Waals surface area contributed by atoms with Gasteiger partial charge in [-0.05, 0) is 24.5 Å². The van der Waals surface area contributed by atoms with Crippen LogP contribution < -0.4 is 15.4 Å². The molecular weight excluding hydrogens is 502 g/mol. The van der Waals surface area contributed by atoms with Crippen LogP contribution in [0.4, 0.5) is 32.0 Å². The summed E-state index contributed by atoms with van der Waals surface area (Å²) in [5.74, 6) is -0.343.